The van der Waals surface area contributed by atoms with Gasteiger partial charge in [-0.2, -0.15) is 0 Å². The molecule has 2 unspecified atom stereocenters. The third-order valence-electron chi connectivity index (χ3n) is 4.21. The predicted octanol–water partition coefficient (Wildman–Crippen LogP) is 3.68. The summed E-state index contributed by atoms with van der Waals surface area (Å²) in [5, 5.41) is 9.84. The highest BCUT2D eigenvalue weighted by molar-refractivity contribution is 6.35. The lowest BCUT2D eigenvalue weighted by Crippen LogP contribution is -2.11. The number of aromatic nitrogens is 2. The topological polar surface area (TPSA) is 55.1 Å². The Morgan fingerprint density at radius 1 is 1.50 bits per heavy atom. The van der Waals surface area contributed by atoms with Crippen LogP contribution in [0.4, 0.5) is 0 Å². The Balaban J connectivity index is 2.04. The number of aliphatic carboxylic acids is 1. The molecule has 0 bridgehead atoms. The second kappa shape index (κ2) is 5.09. The van der Waals surface area contributed by atoms with Crippen LogP contribution in [0, 0.1) is 5.92 Å². The van der Waals surface area contributed by atoms with Crippen LogP contribution in [0.2, 0.25) is 5.02 Å². The largest absolute Gasteiger partial charge is 0.481 e. The third-order valence-corrected chi connectivity index (χ3v) is 4.52. The van der Waals surface area contributed by atoms with Gasteiger partial charge in [0.25, 0.3) is 0 Å². The van der Waals surface area contributed by atoms with Gasteiger partial charge in [-0.1, -0.05) is 17.7 Å². The van der Waals surface area contributed by atoms with Crippen molar-refractivity contribution in [1.82, 2.24) is 9.55 Å². The van der Waals surface area contributed by atoms with Gasteiger partial charge in [0, 0.05) is 12.5 Å². The zero-order chi connectivity index (χ0) is 14.3. The summed E-state index contributed by atoms with van der Waals surface area (Å²) in [6.45, 7) is 2.86. The first kappa shape index (κ1) is 13.4. The number of benzene rings is 1. The van der Waals surface area contributed by atoms with Crippen LogP contribution in [0.3, 0.4) is 0 Å². The normalized spacial score (nSPS) is 22.5. The number of rotatable bonds is 3. The first-order valence-corrected chi connectivity index (χ1v) is 7.37. The number of carbonyl (C=O) groups is 1. The molecule has 1 aromatic heterocycles. The predicted molar refractivity (Wildman–Crippen MR) is 78.1 cm³/mol. The molecule has 0 radical (unpaired) electrons. The van der Waals surface area contributed by atoms with E-state index in [2.05, 4.69) is 11.5 Å². The van der Waals surface area contributed by atoms with Crippen LogP contribution in [0.25, 0.3) is 11.0 Å². The summed E-state index contributed by atoms with van der Waals surface area (Å²) in [5.41, 5.74) is 1.86. The molecule has 20 heavy (non-hydrogen) atoms. The number of imidazole rings is 1. The van der Waals surface area contributed by atoms with E-state index in [0.29, 0.717) is 11.4 Å². The number of fused-ring (bicyclic) bond motifs is 1. The Kier molecular flexibility index (Phi) is 3.42. The van der Waals surface area contributed by atoms with Crippen molar-refractivity contribution in [3.05, 3.63) is 29.0 Å². The van der Waals surface area contributed by atoms with Gasteiger partial charge in [0.05, 0.1) is 22.0 Å². The minimum atomic E-state index is -0.690. The molecule has 0 saturated heterocycles. The van der Waals surface area contributed by atoms with E-state index in [1.54, 1.807) is 0 Å². The molecule has 0 spiro atoms. The molecule has 1 aliphatic carbocycles. The summed E-state index contributed by atoms with van der Waals surface area (Å²) < 4.78 is 2.13. The number of para-hydroxylation sites is 1. The molecule has 106 valence electrons. The van der Waals surface area contributed by atoms with Crippen LogP contribution in [0.15, 0.2) is 18.2 Å². The third kappa shape index (κ3) is 2.08. The molecule has 2 aromatic rings. The zero-order valence-electron chi connectivity index (χ0n) is 11.3. The average molecular weight is 293 g/mol. The Labute approximate surface area is 122 Å². The highest BCUT2D eigenvalue weighted by Gasteiger charge is 2.33. The first-order chi connectivity index (χ1) is 9.61. The Morgan fingerprint density at radius 3 is 2.95 bits per heavy atom. The SMILES string of the molecule is CCn1c(C2CCC(C(=O)O)C2)nc2cccc(Cl)c21. The van der Waals surface area contributed by atoms with Gasteiger partial charge in [-0.05, 0) is 38.3 Å². The molecule has 1 aliphatic rings. The van der Waals surface area contributed by atoms with Crippen molar-refractivity contribution in [2.24, 2.45) is 5.92 Å². The van der Waals surface area contributed by atoms with E-state index in [4.69, 9.17) is 21.7 Å². The number of hydrogen-bond donors (Lipinski definition) is 1. The molecule has 4 nitrogen and oxygen atoms in total. The van der Waals surface area contributed by atoms with E-state index in [9.17, 15) is 4.79 Å². The molecule has 0 aliphatic heterocycles. The lowest BCUT2D eigenvalue weighted by atomic mass is 10.0. The maximum atomic E-state index is 11.1. The fraction of sp³-hybridized carbons (Fsp3) is 0.467. The van der Waals surface area contributed by atoms with Crippen molar-refractivity contribution in [1.29, 1.82) is 0 Å². The van der Waals surface area contributed by atoms with Crippen LogP contribution in [0.5, 0.6) is 0 Å². The van der Waals surface area contributed by atoms with E-state index in [0.717, 1.165) is 36.2 Å². The molecule has 1 saturated carbocycles. The Morgan fingerprint density at radius 2 is 2.30 bits per heavy atom. The summed E-state index contributed by atoms with van der Waals surface area (Å²) in [4.78, 5) is 15.8. The smallest absolute Gasteiger partial charge is 0.306 e. The quantitative estimate of drug-likeness (QED) is 0.939. The van der Waals surface area contributed by atoms with Crippen LogP contribution < -0.4 is 0 Å². The number of aryl methyl sites for hydroxylation is 1. The van der Waals surface area contributed by atoms with Crippen molar-refractivity contribution in [2.45, 2.75) is 38.6 Å². The Hall–Kier alpha value is -1.55. The van der Waals surface area contributed by atoms with Crippen LogP contribution in [0.1, 0.15) is 37.9 Å². The van der Waals surface area contributed by atoms with E-state index in [-0.39, 0.29) is 11.8 Å². The highest BCUT2D eigenvalue weighted by Crippen LogP contribution is 2.39. The second-order valence-electron chi connectivity index (χ2n) is 5.37. The van der Waals surface area contributed by atoms with E-state index >= 15 is 0 Å². The number of carboxylic acid groups (broad SMARTS) is 1. The minimum Gasteiger partial charge on any atom is -0.481 e. The second-order valence-corrected chi connectivity index (χ2v) is 5.77. The monoisotopic (exact) mass is 292 g/mol. The average Bonchev–Trinajstić information content (AvgIpc) is 3.03. The Bertz CT molecular complexity index is 665. The summed E-state index contributed by atoms with van der Waals surface area (Å²) in [5.74, 6) is 0.282. The molecule has 3 rings (SSSR count). The van der Waals surface area contributed by atoms with Gasteiger partial charge in [-0.3, -0.25) is 4.79 Å². The van der Waals surface area contributed by atoms with Crippen molar-refractivity contribution >= 4 is 28.6 Å². The van der Waals surface area contributed by atoms with Gasteiger partial charge < -0.3 is 9.67 Å². The molecule has 1 heterocycles. The molecule has 1 fully saturated rings. The molecule has 1 aromatic carbocycles. The van der Waals surface area contributed by atoms with Crippen molar-refractivity contribution in [3.8, 4) is 0 Å². The number of carboxylic acids is 1. The first-order valence-electron chi connectivity index (χ1n) is 6.99. The van der Waals surface area contributed by atoms with Crippen LogP contribution >= 0.6 is 11.6 Å². The van der Waals surface area contributed by atoms with Gasteiger partial charge in [0.15, 0.2) is 0 Å². The maximum Gasteiger partial charge on any atom is 0.306 e. The molecular formula is C15H17ClN2O2. The van der Waals surface area contributed by atoms with Gasteiger partial charge in [0.2, 0.25) is 0 Å². The number of nitrogens with zero attached hydrogens (tertiary/aromatic N) is 2. The van der Waals surface area contributed by atoms with Crippen LogP contribution in [-0.4, -0.2) is 20.6 Å². The summed E-state index contributed by atoms with van der Waals surface area (Å²) >= 11 is 6.29. The minimum absolute atomic E-state index is 0.222. The van der Waals surface area contributed by atoms with Gasteiger partial charge >= 0.3 is 5.97 Å². The lowest BCUT2D eigenvalue weighted by molar-refractivity contribution is -0.141. The van der Waals surface area contributed by atoms with Gasteiger partial charge in [0.1, 0.15) is 5.82 Å². The number of halogens is 1. The summed E-state index contributed by atoms with van der Waals surface area (Å²) in [6, 6.07) is 5.73. The van der Waals surface area contributed by atoms with E-state index in [1.165, 1.54) is 0 Å². The number of hydrogen-bond acceptors (Lipinski definition) is 2. The van der Waals surface area contributed by atoms with Crippen LogP contribution in [-0.2, 0) is 11.3 Å². The van der Waals surface area contributed by atoms with Gasteiger partial charge in [-0.15, -0.1) is 0 Å². The summed E-state index contributed by atoms with van der Waals surface area (Å²) in [7, 11) is 0. The zero-order valence-corrected chi connectivity index (χ0v) is 12.1. The van der Waals surface area contributed by atoms with Crippen molar-refractivity contribution < 1.29 is 9.90 Å². The fourth-order valence-corrected chi connectivity index (χ4v) is 3.50. The van der Waals surface area contributed by atoms with E-state index < -0.39 is 5.97 Å². The lowest BCUT2D eigenvalue weighted by Gasteiger charge is -2.12. The molecule has 0 amide bonds. The maximum absolute atomic E-state index is 11.1. The molecular weight excluding hydrogens is 276 g/mol. The standard InChI is InChI=1S/C15H17ClN2O2/c1-2-18-13-11(16)4-3-5-12(13)17-14(18)9-6-7-10(8-9)15(19)20/h3-5,9-10H,2,6-8H2,1H3,(H,19,20). The molecule has 2 atom stereocenters. The van der Waals surface area contributed by atoms with Gasteiger partial charge in [-0.25, -0.2) is 4.98 Å². The molecule has 5 heteroatoms. The van der Waals surface area contributed by atoms with Crippen molar-refractivity contribution in [2.75, 3.05) is 0 Å². The molecule has 1 N–H and O–H groups in total. The summed E-state index contributed by atoms with van der Waals surface area (Å²) in [6.07, 6.45) is 2.30. The fourth-order valence-electron chi connectivity index (χ4n) is 3.23. The van der Waals surface area contributed by atoms with Crippen molar-refractivity contribution in [3.63, 3.8) is 0 Å². The highest BCUT2D eigenvalue weighted by atomic mass is 35.5. The van der Waals surface area contributed by atoms with E-state index in [1.807, 2.05) is 18.2 Å².